The summed E-state index contributed by atoms with van der Waals surface area (Å²) in [5, 5.41) is 10.5. The number of aliphatic imine (C=N–C) groups is 1. The standard InChI is InChI=1S/C20H20ClFN2S/c1-20(2,3)12-7-8-13-14(10-23)19(25-18(13)9-12)24-11-15-16(21)5-4-6-17(15)22/h4-6,11-12H,7-9H2,1-3H3/t12-/m1/s1. The molecule has 1 aromatic carbocycles. The van der Waals surface area contributed by atoms with E-state index in [9.17, 15) is 9.65 Å². The van der Waals surface area contributed by atoms with Gasteiger partial charge in [0, 0.05) is 16.7 Å². The van der Waals surface area contributed by atoms with Crippen molar-refractivity contribution in [3.05, 3.63) is 50.6 Å². The van der Waals surface area contributed by atoms with Crippen LogP contribution in [0.5, 0.6) is 0 Å². The van der Waals surface area contributed by atoms with E-state index >= 15 is 0 Å². The van der Waals surface area contributed by atoms with E-state index in [0.29, 0.717) is 21.5 Å². The van der Waals surface area contributed by atoms with Crippen LogP contribution >= 0.6 is 22.9 Å². The van der Waals surface area contributed by atoms with Crippen LogP contribution in [0.25, 0.3) is 0 Å². The second kappa shape index (κ2) is 6.90. The third-order valence-corrected chi connectivity index (χ3v) is 6.39. The lowest BCUT2D eigenvalue weighted by Gasteiger charge is -2.33. The van der Waals surface area contributed by atoms with E-state index in [1.54, 1.807) is 23.5 Å². The van der Waals surface area contributed by atoms with Gasteiger partial charge in [0.2, 0.25) is 0 Å². The quantitative estimate of drug-likeness (QED) is 0.567. The molecule has 0 radical (unpaired) electrons. The molecule has 5 heteroatoms. The Labute approximate surface area is 157 Å². The maximum Gasteiger partial charge on any atom is 0.134 e. The van der Waals surface area contributed by atoms with Gasteiger partial charge in [-0.2, -0.15) is 5.26 Å². The highest BCUT2D eigenvalue weighted by atomic mass is 35.5. The molecule has 0 aliphatic heterocycles. The lowest BCUT2D eigenvalue weighted by Crippen LogP contribution is -2.26. The molecule has 1 atom stereocenters. The highest BCUT2D eigenvalue weighted by Crippen LogP contribution is 2.44. The third-order valence-electron chi connectivity index (χ3n) is 4.89. The van der Waals surface area contributed by atoms with Crippen molar-refractivity contribution in [2.24, 2.45) is 16.3 Å². The van der Waals surface area contributed by atoms with Gasteiger partial charge >= 0.3 is 0 Å². The van der Waals surface area contributed by atoms with Gasteiger partial charge in [0.25, 0.3) is 0 Å². The second-order valence-electron chi connectivity index (χ2n) is 7.50. The van der Waals surface area contributed by atoms with E-state index in [1.807, 2.05) is 0 Å². The van der Waals surface area contributed by atoms with Crippen LogP contribution < -0.4 is 0 Å². The molecule has 0 fully saturated rings. The first-order valence-electron chi connectivity index (χ1n) is 8.34. The Hall–Kier alpha value is -1.70. The van der Waals surface area contributed by atoms with Crippen LogP contribution in [0.3, 0.4) is 0 Å². The van der Waals surface area contributed by atoms with Crippen LogP contribution in [-0.4, -0.2) is 6.21 Å². The molecule has 0 saturated heterocycles. The lowest BCUT2D eigenvalue weighted by atomic mass is 9.72. The molecule has 0 saturated carbocycles. The van der Waals surface area contributed by atoms with Crippen molar-refractivity contribution in [1.29, 1.82) is 5.26 Å². The molecule has 0 unspecified atom stereocenters. The van der Waals surface area contributed by atoms with Crippen molar-refractivity contribution >= 4 is 34.2 Å². The maximum absolute atomic E-state index is 13.9. The van der Waals surface area contributed by atoms with Crippen molar-refractivity contribution in [2.45, 2.75) is 40.0 Å². The van der Waals surface area contributed by atoms with Crippen LogP contribution in [0.15, 0.2) is 23.2 Å². The van der Waals surface area contributed by atoms with Gasteiger partial charge in [-0.3, -0.25) is 0 Å². The normalized spacial score (nSPS) is 17.5. The Balaban J connectivity index is 1.96. The molecular formula is C20H20ClFN2S. The molecule has 1 aliphatic rings. The second-order valence-corrected chi connectivity index (χ2v) is 8.99. The van der Waals surface area contributed by atoms with E-state index in [-0.39, 0.29) is 11.0 Å². The number of benzene rings is 1. The highest BCUT2D eigenvalue weighted by molar-refractivity contribution is 7.16. The summed E-state index contributed by atoms with van der Waals surface area (Å²) in [6, 6.07) is 6.84. The van der Waals surface area contributed by atoms with Crippen molar-refractivity contribution in [3.8, 4) is 6.07 Å². The average molecular weight is 375 g/mol. The first kappa shape index (κ1) is 18.1. The monoisotopic (exact) mass is 374 g/mol. The van der Waals surface area contributed by atoms with Gasteiger partial charge in [-0.05, 0) is 48.3 Å². The average Bonchev–Trinajstić information content (AvgIpc) is 2.90. The fraction of sp³-hybridized carbons (Fsp3) is 0.400. The Morgan fingerprint density at radius 1 is 1.40 bits per heavy atom. The summed E-state index contributed by atoms with van der Waals surface area (Å²) < 4.78 is 13.9. The minimum Gasteiger partial charge on any atom is -0.244 e. The molecule has 130 valence electrons. The number of fused-ring (bicyclic) bond motifs is 1. The summed E-state index contributed by atoms with van der Waals surface area (Å²) in [4.78, 5) is 5.65. The van der Waals surface area contributed by atoms with Gasteiger partial charge in [0.05, 0.1) is 10.6 Å². The summed E-state index contributed by atoms with van der Waals surface area (Å²) >= 11 is 7.60. The summed E-state index contributed by atoms with van der Waals surface area (Å²) in [6.45, 7) is 6.79. The molecule has 25 heavy (non-hydrogen) atoms. The molecule has 2 aromatic rings. The maximum atomic E-state index is 13.9. The number of nitrogens with zero attached hydrogens (tertiary/aromatic N) is 2. The predicted molar refractivity (Wildman–Crippen MR) is 103 cm³/mol. The van der Waals surface area contributed by atoms with Crippen LogP contribution in [0.2, 0.25) is 5.02 Å². The smallest absolute Gasteiger partial charge is 0.134 e. The van der Waals surface area contributed by atoms with E-state index < -0.39 is 5.82 Å². The molecule has 1 heterocycles. The van der Waals surface area contributed by atoms with Crippen molar-refractivity contribution in [2.75, 3.05) is 0 Å². The predicted octanol–water partition coefficient (Wildman–Crippen LogP) is 6.31. The molecule has 2 nitrogen and oxygen atoms in total. The van der Waals surface area contributed by atoms with E-state index in [1.165, 1.54) is 17.2 Å². The summed E-state index contributed by atoms with van der Waals surface area (Å²) in [5.41, 5.74) is 2.27. The van der Waals surface area contributed by atoms with Crippen molar-refractivity contribution in [3.63, 3.8) is 0 Å². The van der Waals surface area contributed by atoms with Crippen LogP contribution in [0.1, 0.15) is 48.8 Å². The number of rotatable bonds is 2. The first-order chi connectivity index (χ1) is 11.8. The number of thiophene rings is 1. The first-order valence-corrected chi connectivity index (χ1v) is 9.53. The molecule has 1 aliphatic carbocycles. The summed E-state index contributed by atoms with van der Waals surface area (Å²) in [7, 11) is 0. The zero-order chi connectivity index (χ0) is 18.2. The topological polar surface area (TPSA) is 36.1 Å². The van der Waals surface area contributed by atoms with Crippen molar-refractivity contribution in [1.82, 2.24) is 0 Å². The van der Waals surface area contributed by atoms with Gasteiger partial charge in [-0.1, -0.05) is 38.4 Å². The molecule has 0 N–H and O–H groups in total. The molecule has 0 bridgehead atoms. The number of hydrogen-bond acceptors (Lipinski definition) is 3. The lowest BCUT2D eigenvalue weighted by molar-refractivity contribution is 0.218. The van der Waals surface area contributed by atoms with Crippen LogP contribution in [-0.2, 0) is 12.8 Å². The fourth-order valence-electron chi connectivity index (χ4n) is 3.27. The Morgan fingerprint density at radius 3 is 2.80 bits per heavy atom. The van der Waals surface area contributed by atoms with Gasteiger partial charge in [-0.25, -0.2) is 9.38 Å². The van der Waals surface area contributed by atoms with Crippen LogP contribution in [0.4, 0.5) is 9.39 Å². The number of nitriles is 1. The van der Waals surface area contributed by atoms with Crippen LogP contribution in [0, 0.1) is 28.5 Å². The van der Waals surface area contributed by atoms with E-state index in [4.69, 9.17) is 11.6 Å². The Morgan fingerprint density at radius 2 is 2.16 bits per heavy atom. The Bertz CT molecular complexity index is 851. The molecule has 1 aromatic heterocycles. The molecular weight excluding hydrogens is 355 g/mol. The molecule has 3 rings (SSSR count). The largest absolute Gasteiger partial charge is 0.244 e. The highest BCUT2D eigenvalue weighted by Gasteiger charge is 2.32. The summed E-state index contributed by atoms with van der Waals surface area (Å²) in [6.07, 6.45) is 4.40. The number of hydrogen-bond donors (Lipinski definition) is 0. The van der Waals surface area contributed by atoms with Gasteiger partial charge in [0.1, 0.15) is 16.9 Å². The molecule has 0 spiro atoms. The SMILES string of the molecule is CC(C)(C)[C@@H]1CCc2c(sc(N=Cc3c(F)cccc3Cl)c2C#N)C1. The zero-order valence-electron chi connectivity index (χ0n) is 14.6. The molecule has 0 amide bonds. The minimum absolute atomic E-state index is 0.249. The fourth-order valence-corrected chi connectivity index (χ4v) is 4.71. The summed E-state index contributed by atoms with van der Waals surface area (Å²) in [5.74, 6) is 0.187. The Kier molecular flexibility index (Phi) is 4.99. The minimum atomic E-state index is -0.413. The number of halogens is 2. The zero-order valence-corrected chi connectivity index (χ0v) is 16.1. The van der Waals surface area contributed by atoms with E-state index in [2.05, 4.69) is 31.8 Å². The third kappa shape index (κ3) is 3.63. The van der Waals surface area contributed by atoms with Gasteiger partial charge in [0.15, 0.2) is 0 Å². The van der Waals surface area contributed by atoms with Crippen molar-refractivity contribution < 1.29 is 4.39 Å². The van der Waals surface area contributed by atoms with Gasteiger partial charge in [-0.15, -0.1) is 11.3 Å². The van der Waals surface area contributed by atoms with Gasteiger partial charge < -0.3 is 0 Å². The van der Waals surface area contributed by atoms with E-state index in [0.717, 1.165) is 24.8 Å².